The van der Waals surface area contributed by atoms with Crippen LogP contribution < -0.4 is 15.4 Å². The van der Waals surface area contributed by atoms with Crippen molar-refractivity contribution >= 4 is 28.3 Å². The van der Waals surface area contributed by atoms with E-state index in [1.54, 1.807) is 7.05 Å². The van der Waals surface area contributed by atoms with E-state index in [9.17, 15) is 13.2 Å². The fraction of sp³-hybridized carbons (Fsp3) is 0.615. The van der Waals surface area contributed by atoms with E-state index < -0.39 is 10.0 Å². The first-order valence-electron chi connectivity index (χ1n) is 7.05. The summed E-state index contributed by atoms with van der Waals surface area (Å²) < 4.78 is 28.5. The summed E-state index contributed by atoms with van der Waals surface area (Å²) >= 11 is 0. The molecule has 0 spiro atoms. The molecule has 9 heteroatoms. The number of sulfonamides is 1. The number of hydrogen-bond acceptors (Lipinski definition) is 4. The Hall–Kier alpha value is -1.09. The zero-order chi connectivity index (χ0) is 15.5. The first-order chi connectivity index (χ1) is 9.94. The predicted octanol–water partition coefficient (Wildman–Crippen LogP) is 0.227. The highest BCUT2D eigenvalue weighted by molar-refractivity contribution is 7.89. The molecule has 1 amide bonds. The monoisotopic (exact) mass is 350 g/mol. The topological polar surface area (TPSA) is 92.2 Å². The molecule has 0 aliphatic carbocycles. The molecule has 1 aliphatic heterocycles. The molecule has 2 heterocycles. The van der Waals surface area contributed by atoms with E-state index in [0.717, 1.165) is 25.8 Å². The molecule has 1 aromatic heterocycles. The van der Waals surface area contributed by atoms with Crippen molar-refractivity contribution in [3.63, 3.8) is 0 Å². The number of aromatic nitrogens is 1. The fourth-order valence-electron chi connectivity index (χ4n) is 2.49. The fourth-order valence-corrected chi connectivity index (χ4v) is 3.61. The van der Waals surface area contributed by atoms with Crippen LogP contribution in [0.3, 0.4) is 0 Å². The Morgan fingerprint density at radius 3 is 2.82 bits per heavy atom. The molecular formula is C13H23ClN4O3S. The van der Waals surface area contributed by atoms with Crippen LogP contribution >= 0.6 is 12.4 Å². The van der Waals surface area contributed by atoms with Gasteiger partial charge in [0.15, 0.2) is 0 Å². The van der Waals surface area contributed by atoms with Crippen molar-refractivity contribution in [1.29, 1.82) is 0 Å². The smallest absolute Gasteiger partial charge is 0.267 e. The van der Waals surface area contributed by atoms with E-state index in [-0.39, 0.29) is 23.2 Å². The molecule has 22 heavy (non-hydrogen) atoms. The number of nitrogens with one attached hydrogen (secondary N) is 3. The summed E-state index contributed by atoms with van der Waals surface area (Å²) in [6.45, 7) is 1.40. The number of nitrogens with zero attached hydrogens (tertiary/aromatic N) is 1. The van der Waals surface area contributed by atoms with Gasteiger partial charge in [0.25, 0.3) is 5.91 Å². The highest BCUT2D eigenvalue weighted by Crippen LogP contribution is 2.14. The molecule has 1 aromatic rings. The van der Waals surface area contributed by atoms with Crippen LogP contribution in [0.5, 0.6) is 0 Å². The van der Waals surface area contributed by atoms with E-state index in [0.29, 0.717) is 18.3 Å². The van der Waals surface area contributed by atoms with Gasteiger partial charge >= 0.3 is 0 Å². The zero-order valence-electron chi connectivity index (χ0n) is 12.8. The van der Waals surface area contributed by atoms with E-state index in [1.165, 1.54) is 23.9 Å². The third kappa shape index (κ3) is 4.45. The van der Waals surface area contributed by atoms with E-state index >= 15 is 0 Å². The Morgan fingerprint density at radius 1 is 1.50 bits per heavy atom. The average molecular weight is 351 g/mol. The van der Waals surface area contributed by atoms with Crippen LogP contribution in [0.4, 0.5) is 0 Å². The second-order valence-corrected chi connectivity index (χ2v) is 7.00. The van der Waals surface area contributed by atoms with Gasteiger partial charge in [-0.25, -0.2) is 13.1 Å². The van der Waals surface area contributed by atoms with Crippen LogP contribution in [0.2, 0.25) is 0 Å². The van der Waals surface area contributed by atoms with Crippen LogP contribution in [0, 0.1) is 0 Å². The minimum absolute atomic E-state index is 0. The minimum atomic E-state index is -3.57. The third-order valence-electron chi connectivity index (χ3n) is 3.70. The van der Waals surface area contributed by atoms with Crippen molar-refractivity contribution in [3.8, 4) is 0 Å². The first-order valence-corrected chi connectivity index (χ1v) is 8.54. The van der Waals surface area contributed by atoms with Gasteiger partial charge in [-0.3, -0.25) is 4.79 Å². The molecule has 0 unspecified atom stereocenters. The summed E-state index contributed by atoms with van der Waals surface area (Å²) in [5, 5.41) is 5.81. The number of hydrogen-bond donors (Lipinski definition) is 3. The van der Waals surface area contributed by atoms with E-state index in [4.69, 9.17) is 0 Å². The molecule has 7 nitrogen and oxygen atoms in total. The number of halogens is 1. The average Bonchev–Trinajstić information content (AvgIpc) is 3.07. The molecule has 126 valence electrons. The number of carbonyl (C=O) groups is 1. The molecule has 1 saturated heterocycles. The predicted molar refractivity (Wildman–Crippen MR) is 86.9 cm³/mol. The van der Waals surface area contributed by atoms with Gasteiger partial charge in [-0.1, -0.05) is 0 Å². The van der Waals surface area contributed by atoms with Crippen LogP contribution in [0.25, 0.3) is 0 Å². The Kier molecular flexibility index (Phi) is 6.86. The lowest BCUT2D eigenvalue weighted by atomic mass is 10.2. The molecule has 0 radical (unpaired) electrons. The maximum Gasteiger partial charge on any atom is 0.267 e. The summed E-state index contributed by atoms with van der Waals surface area (Å²) in [7, 11) is -0.419. The Labute approximate surface area is 137 Å². The number of amides is 1. The molecule has 0 bridgehead atoms. The maximum absolute atomic E-state index is 12.2. The van der Waals surface area contributed by atoms with Gasteiger partial charge in [0, 0.05) is 32.9 Å². The Morgan fingerprint density at radius 2 is 2.23 bits per heavy atom. The lowest BCUT2D eigenvalue weighted by Crippen LogP contribution is -2.30. The normalized spacial score (nSPS) is 18.0. The van der Waals surface area contributed by atoms with Gasteiger partial charge in [0.2, 0.25) is 10.0 Å². The molecular weight excluding hydrogens is 328 g/mol. The van der Waals surface area contributed by atoms with Gasteiger partial charge in [-0.15, -0.1) is 12.4 Å². The van der Waals surface area contributed by atoms with Gasteiger partial charge in [0.1, 0.15) is 10.6 Å². The molecule has 1 atom stereocenters. The maximum atomic E-state index is 12.2. The van der Waals surface area contributed by atoms with Gasteiger partial charge in [0.05, 0.1) is 0 Å². The van der Waals surface area contributed by atoms with Crippen molar-refractivity contribution in [1.82, 2.24) is 19.9 Å². The largest absolute Gasteiger partial charge is 0.354 e. The van der Waals surface area contributed by atoms with Gasteiger partial charge < -0.3 is 15.2 Å². The minimum Gasteiger partial charge on any atom is -0.354 e. The number of carbonyl (C=O) groups excluding carboxylic acids is 1. The van der Waals surface area contributed by atoms with Gasteiger partial charge in [-0.2, -0.15) is 0 Å². The van der Waals surface area contributed by atoms with Crippen molar-refractivity contribution in [3.05, 3.63) is 18.0 Å². The van der Waals surface area contributed by atoms with Crippen molar-refractivity contribution in [2.75, 3.05) is 20.1 Å². The summed E-state index contributed by atoms with van der Waals surface area (Å²) in [6.07, 6.45) is 4.45. The number of aryl methyl sites for hydroxylation is 1. The first kappa shape index (κ1) is 19.0. The highest BCUT2D eigenvalue weighted by Gasteiger charge is 2.21. The van der Waals surface area contributed by atoms with Crippen molar-refractivity contribution in [2.24, 2.45) is 7.05 Å². The van der Waals surface area contributed by atoms with Gasteiger partial charge in [-0.05, 0) is 31.9 Å². The van der Waals surface area contributed by atoms with Crippen LogP contribution in [-0.4, -0.2) is 45.1 Å². The SMILES string of the molecule is CNC(=O)c1cc(S(=O)(=O)NCC[C@H]2CCCN2)cn1C.Cl. The molecule has 1 fully saturated rings. The summed E-state index contributed by atoms with van der Waals surface area (Å²) in [5.74, 6) is -0.311. The second-order valence-electron chi connectivity index (χ2n) is 5.23. The quantitative estimate of drug-likeness (QED) is 0.684. The lowest BCUT2D eigenvalue weighted by Gasteiger charge is -2.10. The standard InChI is InChI=1S/C13H22N4O3S.ClH/c1-14-13(18)12-8-11(9-17(12)2)21(19,20)16-7-5-10-4-3-6-15-10;/h8-10,15-16H,3-7H2,1-2H3,(H,14,18);1H/t10-;/m1./s1. The third-order valence-corrected chi connectivity index (χ3v) is 5.13. The lowest BCUT2D eigenvalue weighted by molar-refractivity contribution is 0.0955. The Balaban J connectivity index is 0.00000242. The van der Waals surface area contributed by atoms with Crippen molar-refractivity contribution < 1.29 is 13.2 Å². The second kappa shape index (κ2) is 7.96. The van der Waals surface area contributed by atoms with E-state index in [2.05, 4.69) is 15.4 Å². The van der Waals surface area contributed by atoms with Crippen LogP contribution in [-0.2, 0) is 17.1 Å². The Bertz CT molecular complexity index is 609. The summed E-state index contributed by atoms with van der Waals surface area (Å²) in [4.78, 5) is 11.7. The molecule has 1 aliphatic rings. The summed E-state index contributed by atoms with van der Waals surface area (Å²) in [6, 6.07) is 1.78. The van der Waals surface area contributed by atoms with Crippen LogP contribution in [0.15, 0.2) is 17.2 Å². The molecule has 0 saturated carbocycles. The van der Waals surface area contributed by atoms with Crippen LogP contribution in [0.1, 0.15) is 29.8 Å². The highest BCUT2D eigenvalue weighted by atomic mass is 35.5. The molecule has 0 aromatic carbocycles. The van der Waals surface area contributed by atoms with E-state index in [1.807, 2.05) is 0 Å². The molecule has 3 N–H and O–H groups in total. The number of rotatable bonds is 6. The summed E-state index contributed by atoms with van der Waals surface area (Å²) in [5.41, 5.74) is 0.315. The molecule has 2 rings (SSSR count). The van der Waals surface area contributed by atoms with Crippen molar-refractivity contribution in [2.45, 2.75) is 30.2 Å². The zero-order valence-corrected chi connectivity index (χ0v) is 14.4.